The van der Waals surface area contributed by atoms with Crippen molar-refractivity contribution in [2.75, 3.05) is 0 Å². The molecule has 52 valence electrons. The van der Waals surface area contributed by atoms with Gasteiger partial charge >= 0.3 is 41.7 Å². The molecule has 0 radical (unpaired) electrons. The summed E-state index contributed by atoms with van der Waals surface area (Å²) in [6, 6.07) is 0. The molecule has 0 saturated heterocycles. The summed E-state index contributed by atoms with van der Waals surface area (Å²) in [5.74, 6) is -2.50. The van der Waals surface area contributed by atoms with Crippen molar-refractivity contribution in [3.63, 3.8) is 0 Å². The molecule has 0 saturated carbocycles. The Bertz CT molecular complexity index is 165. The van der Waals surface area contributed by atoms with Crippen LogP contribution in [0.2, 0.25) is 0 Å². The first-order valence-electron chi connectivity index (χ1n) is 1.65. The average molecular weight is 163 g/mol. The van der Waals surface area contributed by atoms with E-state index in [0.717, 1.165) is 0 Å². The zero-order valence-corrected chi connectivity index (χ0v) is 6.90. The van der Waals surface area contributed by atoms with Crippen LogP contribution in [0.1, 0.15) is 1.43 Å². The van der Waals surface area contributed by atoms with E-state index in [9.17, 15) is 18.0 Å². The van der Waals surface area contributed by atoms with Crippen LogP contribution in [-0.2, 0) is 9.53 Å². The maximum atomic E-state index is 11.0. The predicted molar refractivity (Wildman–Crippen MR) is 18.9 cm³/mol. The molecule has 0 amide bonds. The first-order valence-corrected chi connectivity index (χ1v) is 1.65. The fraction of sp³-hybridized carbons (Fsp3) is 0.333. The second-order valence-corrected chi connectivity index (χ2v) is 0.979. The summed E-state index contributed by atoms with van der Waals surface area (Å²) in [5, 5.41) is 7.41. The number of hydrogen-bond donors (Lipinski definition) is 0. The molecule has 0 aromatic carbocycles. The summed E-state index contributed by atoms with van der Waals surface area (Å²) >= 11 is 0. The molecule has 0 aliphatic heterocycles. The number of ether oxygens (including phenoxy) is 1. The molecule has 0 N–H and O–H groups in total. The maximum absolute atomic E-state index is 11.0. The van der Waals surface area contributed by atoms with Crippen molar-refractivity contribution < 1.29 is 53.7 Å². The van der Waals surface area contributed by atoms with Crippen molar-refractivity contribution in [2.45, 2.75) is 6.18 Å². The molecule has 0 spiro atoms. The minimum absolute atomic E-state index is 0. The van der Waals surface area contributed by atoms with E-state index >= 15 is 0 Å². The van der Waals surface area contributed by atoms with Crippen LogP contribution < -0.4 is 29.6 Å². The molecule has 0 rings (SSSR count). The molecule has 0 aliphatic rings. The topological polar surface area (TPSA) is 50.1 Å². The number of alkyl halides is 3. The molecule has 10 heavy (non-hydrogen) atoms. The Morgan fingerprint density at radius 3 is 2.10 bits per heavy atom. The molecule has 0 unspecified atom stereocenters. The number of halogens is 3. The Hall–Kier alpha value is -0.250. The third kappa shape index (κ3) is 4.61. The van der Waals surface area contributed by atoms with E-state index in [0.29, 0.717) is 6.26 Å². The van der Waals surface area contributed by atoms with Crippen LogP contribution in [0.4, 0.5) is 13.2 Å². The molecule has 0 heterocycles. The number of carbonyl (C=O) groups is 1. The molecular formula is C3HF3NNaO2. The van der Waals surface area contributed by atoms with Crippen LogP contribution >= 0.6 is 0 Å². The SMILES string of the molecule is N#COC(=O)C(F)(F)F.[H-].[Na+]. The van der Waals surface area contributed by atoms with Gasteiger partial charge in [-0.1, -0.05) is 0 Å². The van der Waals surface area contributed by atoms with Gasteiger partial charge in [-0.15, -0.1) is 5.26 Å². The van der Waals surface area contributed by atoms with Gasteiger partial charge in [0.05, 0.1) is 0 Å². The molecule has 7 heteroatoms. The maximum Gasteiger partial charge on any atom is 1.00 e. The summed E-state index contributed by atoms with van der Waals surface area (Å²) < 4.78 is 36.0. The summed E-state index contributed by atoms with van der Waals surface area (Å²) in [4.78, 5) is 9.49. The van der Waals surface area contributed by atoms with E-state index in [1.165, 1.54) is 0 Å². The van der Waals surface area contributed by atoms with Gasteiger partial charge in [0.15, 0.2) is 0 Å². The van der Waals surface area contributed by atoms with E-state index in [2.05, 4.69) is 4.74 Å². The molecule has 0 atom stereocenters. The van der Waals surface area contributed by atoms with Crippen LogP contribution in [0.3, 0.4) is 0 Å². The van der Waals surface area contributed by atoms with Crippen LogP contribution in [0.25, 0.3) is 0 Å². The minimum atomic E-state index is -5.07. The fourth-order valence-corrected chi connectivity index (χ4v) is 0.0993. The van der Waals surface area contributed by atoms with Crippen LogP contribution in [0.15, 0.2) is 0 Å². The number of carbonyl (C=O) groups excluding carboxylic acids is 1. The van der Waals surface area contributed by atoms with Gasteiger partial charge in [0, 0.05) is 0 Å². The molecule has 3 nitrogen and oxygen atoms in total. The van der Waals surface area contributed by atoms with E-state index in [4.69, 9.17) is 5.26 Å². The van der Waals surface area contributed by atoms with Crippen molar-refractivity contribution in [3.05, 3.63) is 0 Å². The van der Waals surface area contributed by atoms with Crippen molar-refractivity contribution >= 4 is 5.97 Å². The molecule has 0 aromatic heterocycles. The van der Waals surface area contributed by atoms with E-state index in [1.807, 2.05) is 0 Å². The Labute approximate surface area is 77.5 Å². The second-order valence-electron chi connectivity index (χ2n) is 0.979. The standard InChI is InChI=1S/C3F3NO2.Na.H/c4-3(5,6)2(8)9-1-7;;/q;+1;-1. The van der Waals surface area contributed by atoms with Gasteiger partial charge in [-0.2, -0.15) is 13.2 Å². The summed E-state index contributed by atoms with van der Waals surface area (Å²) in [5.41, 5.74) is 0. The Balaban J connectivity index is -0.000000320. The molecule has 0 aliphatic carbocycles. The average Bonchev–Trinajstić information content (AvgIpc) is 1.64. The summed E-state index contributed by atoms with van der Waals surface area (Å²) in [6.07, 6.45) is -4.47. The van der Waals surface area contributed by atoms with Gasteiger partial charge in [0.1, 0.15) is 0 Å². The molecule has 0 bridgehead atoms. The molecule has 0 aromatic rings. The number of rotatable bonds is 0. The van der Waals surface area contributed by atoms with E-state index < -0.39 is 12.1 Å². The van der Waals surface area contributed by atoms with Crippen molar-refractivity contribution in [2.24, 2.45) is 0 Å². The van der Waals surface area contributed by atoms with Crippen molar-refractivity contribution in [1.82, 2.24) is 0 Å². The summed E-state index contributed by atoms with van der Waals surface area (Å²) in [7, 11) is 0. The minimum Gasteiger partial charge on any atom is -1.00 e. The van der Waals surface area contributed by atoms with Crippen LogP contribution in [-0.4, -0.2) is 12.1 Å². The van der Waals surface area contributed by atoms with Crippen molar-refractivity contribution in [1.29, 1.82) is 5.26 Å². The van der Waals surface area contributed by atoms with Gasteiger partial charge in [-0.05, 0) is 0 Å². The second kappa shape index (κ2) is 4.55. The van der Waals surface area contributed by atoms with E-state index in [-0.39, 0.29) is 31.0 Å². The van der Waals surface area contributed by atoms with Gasteiger partial charge < -0.3 is 6.16 Å². The van der Waals surface area contributed by atoms with Crippen LogP contribution in [0, 0.1) is 11.5 Å². The predicted octanol–water partition coefficient (Wildman–Crippen LogP) is -2.31. The largest absolute Gasteiger partial charge is 1.00 e. The normalized spacial score (nSPS) is 9.00. The first kappa shape index (κ1) is 12.4. The molecule has 0 fully saturated rings. The zero-order valence-electron chi connectivity index (χ0n) is 5.90. The quantitative estimate of drug-likeness (QED) is 0.229. The van der Waals surface area contributed by atoms with Gasteiger partial charge in [-0.25, -0.2) is 4.79 Å². The smallest absolute Gasteiger partial charge is 1.00 e. The third-order valence-corrected chi connectivity index (χ3v) is 0.370. The number of hydrogen-bond acceptors (Lipinski definition) is 3. The Kier molecular flexibility index (Phi) is 5.65. The van der Waals surface area contributed by atoms with Gasteiger partial charge in [0.2, 0.25) is 0 Å². The number of nitriles is 1. The Morgan fingerprint density at radius 2 is 2.00 bits per heavy atom. The van der Waals surface area contributed by atoms with E-state index in [1.54, 1.807) is 0 Å². The number of esters is 1. The summed E-state index contributed by atoms with van der Waals surface area (Å²) in [6.45, 7) is 0. The number of nitrogens with zero attached hydrogens (tertiary/aromatic N) is 1. The van der Waals surface area contributed by atoms with Crippen molar-refractivity contribution in [3.8, 4) is 6.26 Å². The van der Waals surface area contributed by atoms with Crippen LogP contribution in [0.5, 0.6) is 0 Å². The zero-order chi connectivity index (χ0) is 7.49. The molecular weight excluding hydrogens is 162 g/mol. The monoisotopic (exact) mass is 163 g/mol. The Morgan fingerprint density at radius 1 is 1.60 bits per heavy atom. The first-order chi connectivity index (χ1) is 3.98. The third-order valence-electron chi connectivity index (χ3n) is 0.370. The van der Waals surface area contributed by atoms with Gasteiger partial charge in [-0.3, -0.25) is 0 Å². The fourth-order valence-electron chi connectivity index (χ4n) is 0.0993. The van der Waals surface area contributed by atoms with Gasteiger partial charge in [0.25, 0.3) is 6.26 Å².